The molecule has 0 atom stereocenters. The Balaban J connectivity index is 1.76. The molecule has 6 nitrogen and oxygen atoms in total. The van der Waals surface area contributed by atoms with Gasteiger partial charge in [-0.3, -0.25) is 9.48 Å². The number of nitrogens with zero attached hydrogens (tertiary/aromatic N) is 2. The summed E-state index contributed by atoms with van der Waals surface area (Å²) >= 11 is 0. The number of aryl methyl sites for hydroxylation is 1. The summed E-state index contributed by atoms with van der Waals surface area (Å²) in [6.45, 7) is 0. The zero-order valence-corrected chi connectivity index (χ0v) is 11.8. The van der Waals surface area contributed by atoms with E-state index in [1.807, 2.05) is 12.1 Å². The highest BCUT2D eigenvalue weighted by Crippen LogP contribution is 2.26. The molecule has 0 aliphatic carbocycles. The van der Waals surface area contributed by atoms with E-state index >= 15 is 0 Å². The van der Waals surface area contributed by atoms with E-state index in [0.717, 1.165) is 16.7 Å². The molecule has 0 saturated carbocycles. The van der Waals surface area contributed by atoms with Gasteiger partial charge in [0.15, 0.2) is 5.82 Å². The van der Waals surface area contributed by atoms with Crippen LogP contribution in [0.2, 0.25) is 0 Å². The molecule has 2 aromatic heterocycles. The van der Waals surface area contributed by atoms with Gasteiger partial charge < -0.3 is 14.5 Å². The predicted molar refractivity (Wildman–Crippen MR) is 78.3 cm³/mol. The molecule has 108 valence electrons. The first-order valence-electron chi connectivity index (χ1n) is 6.49. The Kier molecular flexibility index (Phi) is 3.35. The molecule has 0 aliphatic rings. The van der Waals surface area contributed by atoms with Crippen molar-refractivity contribution in [3.05, 3.63) is 42.3 Å². The number of fused-ring (bicyclic) bond motifs is 1. The molecule has 1 N–H and O–H groups in total. The lowest BCUT2D eigenvalue weighted by Crippen LogP contribution is -2.14. The Morgan fingerprint density at radius 3 is 3.00 bits per heavy atom. The second-order valence-electron chi connectivity index (χ2n) is 4.72. The van der Waals surface area contributed by atoms with Gasteiger partial charge in [-0.15, -0.1) is 0 Å². The number of rotatable bonds is 4. The van der Waals surface area contributed by atoms with Crippen LogP contribution in [0.1, 0.15) is 5.56 Å². The monoisotopic (exact) mass is 285 g/mol. The van der Waals surface area contributed by atoms with E-state index in [1.54, 1.807) is 43.4 Å². The third-order valence-electron chi connectivity index (χ3n) is 3.19. The Labute approximate surface area is 121 Å². The number of hydrogen-bond donors (Lipinski definition) is 1. The van der Waals surface area contributed by atoms with E-state index in [4.69, 9.17) is 9.15 Å². The fraction of sp³-hybridized carbons (Fsp3) is 0.200. The Morgan fingerprint density at radius 2 is 2.29 bits per heavy atom. The highest BCUT2D eigenvalue weighted by molar-refractivity contribution is 5.94. The van der Waals surface area contributed by atoms with Crippen LogP contribution in [0.4, 0.5) is 5.82 Å². The lowest BCUT2D eigenvalue weighted by molar-refractivity contribution is -0.115. The second-order valence-corrected chi connectivity index (χ2v) is 4.72. The standard InChI is InChI=1S/C15H15N3O3/c1-18-6-5-14(17-18)16-15(19)7-10-9-21-13-8-11(20-2)3-4-12(10)13/h3-6,8-9H,7H2,1-2H3,(H,16,17,19). The van der Waals surface area contributed by atoms with Crippen LogP contribution in [-0.4, -0.2) is 22.8 Å². The van der Waals surface area contributed by atoms with Gasteiger partial charge in [0.25, 0.3) is 0 Å². The Bertz CT molecular complexity index is 788. The van der Waals surface area contributed by atoms with Crippen LogP contribution in [0.5, 0.6) is 5.75 Å². The normalized spacial score (nSPS) is 10.8. The molecule has 0 unspecified atom stereocenters. The van der Waals surface area contributed by atoms with Crippen LogP contribution in [0.15, 0.2) is 41.1 Å². The molecule has 0 saturated heterocycles. The zero-order chi connectivity index (χ0) is 14.8. The van der Waals surface area contributed by atoms with E-state index < -0.39 is 0 Å². The highest BCUT2D eigenvalue weighted by atomic mass is 16.5. The quantitative estimate of drug-likeness (QED) is 0.799. The summed E-state index contributed by atoms with van der Waals surface area (Å²) in [6, 6.07) is 7.28. The van der Waals surface area contributed by atoms with E-state index in [0.29, 0.717) is 11.4 Å². The number of aromatic nitrogens is 2. The van der Waals surface area contributed by atoms with Gasteiger partial charge in [0.2, 0.25) is 5.91 Å². The van der Waals surface area contributed by atoms with E-state index in [9.17, 15) is 4.79 Å². The van der Waals surface area contributed by atoms with Crippen LogP contribution < -0.4 is 10.1 Å². The smallest absolute Gasteiger partial charge is 0.230 e. The van der Waals surface area contributed by atoms with Gasteiger partial charge in [0, 0.05) is 36.3 Å². The first kappa shape index (κ1) is 13.2. The third kappa shape index (κ3) is 2.74. The number of furan rings is 1. The van der Waals surface area contributed by atoms with E-state index in [2.05, 4.69) is 10.4 Å². The first-order chi connectivity index (χ1) is 10.2. The van der Waals surface area contributed by atoms with Gasteiger partial charge in [-0.1, -0.05) is 0 Å². The number of amides is 1. The van der Waals surface area contributed by atoms with Crippen molar-refractivity contribution in [3.8, 4) is 5.75 Å². The number of benzene rings is 1. The molecule has 0 radical (unpaired) electrons. The molecule has 1 aromatic carbocycles. The maximum absolute atomic E-state index is 12.0. The lowest BCUT2D eigenvalue weighted by atomic mass is 10.1. The molecule has 0 aliphatic heterocycles. The molecule has 1 amide bonds. The predicted octanol–water partition coefficient (Wildman–Crippen LogP) is 2.36. The molecule has 3 aromatic rings. The number of nitrogens with one attached hydrogen (secondary N) is 1. The van der Waals surface area contributed by atoms with Crippen molar-refractivity contribution in [2.75, 3.05) is 12.4 Å². The molecule has 6 heteroatoms. The van der Waals surface area contributed by atoms with Crippen molar-refractivity contribution in [2.45, 2.75) is 6.42 Å². The van der Waals surface area contributed by atoms with Gasteiger partial charge in [0.1, 0.15) is 11.3 Å². The average molecular weight is 285 g/mol. The van der Waals surface area contributed by atoms with E-state index in [1.165, 1.54) is 0 Å². The summed E-state index contributed by atoms with van der Waals surface area (Å²) in [5.74, 6) is 1.13. The molecular weight excluding hydrogens is 270 g/mol. The maximum Gasteiger partial charge on any atom is 0.230 e. The van der Waals surface area contributed by atoms with Crippen molar-refractivity contribution < 1.29 is 13.9 Å². The SMILES string of the molecule is COc1ccc2c(CC(=O)Nc3ccn(C)n3)coc2c1. The minimum atomic E-state index is -0.132. The van der Waals surface area contributed by atoms with Gasteiger partial charge in [-0.25, -0.2) is 0 Å². The molecular formula is C15H15N3O3. The highest BCUT2D eigenvalue weighted by Gasteiger charge is 2.12. The van der Waals surface area contributed by atoms with Crippen molar-refractivity contribution in [1.29, 1.82) is 0 Å². The Hall–Kier alpha value is -2.76. The van der Waals surface area contributed by atoms with Gasteiger partial charge in [0.05, 0.1) is 19.8 Å². The Morgan fingerprint density at radius 1 is 1.43 bits per heavy atom. The molecule has 0 spiro atoms. The van der Waals surface area contributed by atoms with Crippen molar-refractivity contribution >= 4 is 22.7 Å². The summed E-state index contributed by atoms with van der Waals surface area (Å²) in [6.07, 6.45) is 3.60. The summed E-state index contributed by atoms with van der Waals surface area (Å²) < 4.78 is 12.2. The number of carbonyl (C=O) groups excluding carboxylic acids is 1. The molecule has 3 rings (SSSR count). The summed E-state index contributed by atoms with van der Waals surface area (Å²) in [4.78, 5) is 12.0. The van der Waals surface area contributed by atoms with Crippen molar-refractivity contribution in [1.82, 2.24) is 9.78 Å². The largest absolute Gasteiger partial charge is 0.497 e. The minimum absolute atomic E-state index is 0.132. The molecule has 2 heterocycles. The summed E-state index contributed by atoms with van der Waals surface area (Å²) in [7, 11) is 3.40. The second kappa shape index (κ2) is 5.32. The average Bonchev–Trinajstić information content (AvgIpc) is 3.05. The van der Waals surface area contributed by atoms with Gasteiger partial charge in [-0.05, 0) is 12.1 Å². The summed E-state index contributed by atoms with van der Waals surface area (Å²) in [5, 5.41) is 7.77. The fourth-order valence-electron chi connectivity index (χ4n) is 2.17. The number of carbonyl (C=O) groups is 1. The topological polar surface area (TPSA) is 69.3 Å². The fourth-order valence-corrected chi connectivity index (χ4v) is 2.17. The molecule has 21 heavy (non-hydrogen) atoms. The lowest BCUT2D eigenvalue weighted by Gasteiger charge is -2.01. The third-order valence-corrected chi connectivity index (χ3v) is 3.19. The van der Waals surface area contributed by atoms with E-state index in [-0.39, 0.29) is 12.3 Å². The van der Waals surface area contributed by atoms with Crippen LogP contribution in [0, 0.1) is 0 Å². The van der Waals surface area contributed by atoms with Gasteiger partial charge >= 0.3 is 0 Å². The number of hydrogen-bond acceptors (Lipinski definition) is 4. The van der Waals surface area contributed by atoms with Crippen LogP contribution >= 0.6 is 0 Å². The van der Waals surface area contributed by atoms with Crippen molar-refractivity contribution in [2.24, 2.45) is 7.05 Å². The maximum atomic E-state index is 12.0. The van der Waals surface area contributed by atoms with Gasteiger partial charge in [-0.2, -0.15) is 5.10 Å². The summed E-state index contributed by atoms with van der Waals surface area (Å²) in [5.41, 5.74) is 1.54. The number of methoxy groups -OCH3 is 1. The molecule has 0 fully saturated rings. The molecule has 0 bridgehead atoms. The zero-order valence-electron chi connectivity index (χ0n) is 11.8. The number of anilines is 1. The number of ether oxygens (including phenoxy) is 1. The van der Waals surface area contributed by atoms with Crippen LogP contribution in [0.25, 0.3) is 11.0 Å². The first-order valence-corrected chi connectivity index (χ1v) is 6.49. The minimum Gasteiger partial charge on any atom is -0.497 e. The van der Waals surface area contributed by atoms with Crippen LogP contribution in [-0.2, 0) is 18.3 Å². The van der Waals surface area contributed by atoms with Crippen molar-refractivity contribution in [3.63, 3.8) is 0 Å². The van der Waals surface area contributed by atoms with Crippen LogP contribution in [0.3, 0.4) is 0 Å².